The van der Waals surface area contributed by atoms with E-state index in [-0.39, 0.29) is 10.7 Å². The second-order valence-corrected chi connectivity index (χ2v) is 5.18. The van der Waals surface area contributed by atoms with E-state index in [1.54, 1.807) is 18.2 Å². The summed E-state index contributed by atoms with van der Waals surface area (Å²) in [5.74, 6) is 0. The van der Waals surface area contributed by atoms with Crippen molar-refractivity contribution in [1.29, 1.82) is 0 Å². The molecule has 0 radical (unpaired) electrons. The summed E-state index contributed by atoms with van der Waals surface area (Å²) in [6.45, 7) is 0. The maximum absolute atomic E-state index is 12.1. The lowest BCUT2D eigenvalue weighted by molar-refractivity contribution is -0.136. The Hall–Kier alpha value is -1.30. The van der Waals surface area contributed by atoms with Gasteiger partial charge >= 0.3 is 6.18 Å². The third-order valence-electron chi connectivity index (χ3n) is 2.28. The second-order valence-electron chi connectivity index (χ2n) is 3.90. The second kappa shape index (κ2) is 7.11. The average molecular weight is 358 g/mol. The molecule has 0 heterocycles. The first-order valence-corrected chi connectivity index (χ1v) is 6.57. The van der Waals surface area contributed by atoms with Crippen molar-refractivity contribution in [2.75, 3.05) is 11.5 Å². The largest absolute Gasteiger partial charge is 0.418 e. The topological polar surface area (TPSA) is 52.0 Å². The molecule has 4 N–H and O–H groups in total. The van der Waals surface area contributed by atoms with E-state index in [1.165, 1.54) is 6.07 Å². The summed E-state index contributed by atoms with van der Waals surface area (Å²) in [5, 5.41) is 1.17. The molecular formula is C13H10Cl3F3N2. The molecule has 2 aromatic carbocycles. The van der Waals surface area contributed by atoms with E-state index in [1.807, 2.05) is 0 Å². The van der Waals surface area contributed by atoms with Crippen LogP contribution in [0.3, 0.4) is 0 Å². The molecule has 0 saturated heterocycles. The molecule has 0 aliphatic carbocycles. The number of hydrogen-bond acceptors (Lipinski definition) is 2. The molecule has 0 aromatic heterocycles. The zero-order valence-electron chi connectivity index (χ0n) is 10.4. The van der Waals surface area contributed by atoms with Crippen molar-refractivity contribution < 1.29 is 13.2 Å². The molecule has 0 atom stereocenters. The van der Waals surface area contributed by atoms with Crippen molar-refractivity contribution in [1.82, 2.24) is 0 Å². The molecule has 0 spiro atoms. The Balaban J connectivity index is 0.000000219. The van der Waals surface area contributed by atoms with E-state index < -0.39 is 11.7 Å². The van der Waals surface area contributed by atoms with Crippen molar-refractivity contribution in [3.8, 4) is 0 Å². The quantitative estimate of drug-likeness (QED) is 0.610. The first kappa shape index (κ1) is 17.8. The Bertz CT molecular complexity index is 631. The molecule has 2 rings (SSSR count). The standard InChI is InChI=1S/C7H5ClF3N.C6H5Cl2N/c8-4-1-2-6(12)5(3-4)7(9,10)11;7-4-1-2-5(8)6(9)3-4/h1-3H,12H2;1-3H,9H2. The molecule has 2 nitrogen and oxygen atoms in total. The number of benzene rings is 2. The number of nitrogen functional groups attached to an aromatic ring is 2. The predicted octanol–water partition coefficient (Wildman–Crippen LogP) is 5.52. The molecule has 21 heavy (non-hydrogen) atoms. The summed E-state index contributed by atoms with van der Waals surface area (Å²) >= 11 is 16.5. The first-order valence-electron chi connectivity index (χ1n) is 5.44. The number of anilines is 2. The molecule has 114 valence electrons. The summed E-state index contributed by atoms with van der Waals surface area (Å²) in [5.41, 5.74) is 9.81. The van der Waals surface area contributed by atoms with Crippen LogP contribution in [-0.4, -0.2) is 0 Å². The molecule has 0 amide bonds. The van der Waals surface area contributed by atoms with Gasteiger partial charge in [-0.05, 0) is 36.4 Å². The van der Waals surface area contributed by atoms with E-state index in [0.29, 0.717) is 15.7 Å². The molecule has 0 unspecified atom stereocenters. The minimum absolute atomic E-state index is 0.0246. The van der Waals surface area contributed by atoms with Crippen LogP contribution in [0.2, 0.25) is 15.1 Å². The maximum atomic E-state index is 12.1. The Kier molecular flexibility index (Phi) is 6.01. The fraction of sp³-hybridized carbons (Fsp3) is 0.0769. The number of nitrogens with two attached hydrogens (primary N) is 2. The lowest BCUT2D eigenvalue weighted by Gasteiger charge is -2.09. The average Bonchev–Trinajstić information content (AvgIpc) is 2.37. The molecule has 0 bridgehead atoms. The summed E-state index contributed by atoms with van der Waals surface area (Å²) in [4.78, 5) is 0. The van der Waals surface area contributed by atoms with Gasteiger partial charge in [0.2, 0.25) is 0 Å². The van der Waals surface area contributed by atoms with Gasteiger partial charge in [0.1, 0.15) is 0 Å². The fourth-order valence-electron chi connectivity index (χ4n) is 1.29. The highest BCUT2D eigenvalue weighted by molar-refractivity contribution is 6.35. The van der Waals surface area contributed by atoms with Gasteiger partial charge in [0, 0.05) is 15.7 Å². The van der Waals surface area contributed by atoms with Crippen LogP contribution in [0.5, 0.6) is 0 Å². The SMILES string of the molecule is Nc1cc(Cl)ccc1Cl.Nc1ccc(Cl)cc1C(F)(F)F. The fourth-order valence-corrected chi connectivity index (χ4v) is 1.76. The van der Waals surface area contributed by atoms with Gasteiger partial charge in [-0.15, -0.1) is 0 Å². The van der Waals surface area contributed by atoms with Crippen LogP contribution < -0.4 is 11.5 Å². The van der Waals surface area contributed by atoms with Crippen molar-refractivity contribution in [3.05, 3.63) is 57.0 Å². The lowest BCUT2D eigenvalue weighted by Crippen LogP contribution is -2.08. The normalized spacial score (nSPS) is 10.8. The highest BCUT2D eigenvalue weighted by Gasteiger charge is 2.32. The summed E-state index contributed by atoms with van der Waals surface area (Å²) in [7, 11) is 0. The summed E-state index contributed by atoms with van der Waals surface area (Å²) in [6, 6.07) is 8.22. The molecule has 0 fully saturated rings. The van der Waals surface area contributed by atoms with Gasteiger partial charge in [0.25, 0.3) is 0 Å². The van der Waals surface area contributed by atoms with Crippen LogP contribution in [0.25, 0.3) is 0 Å². The van der Waals surface area contributed by atoms with Gasteiger partial charge in [-0.25, -0.2) is 0 Å². The van der Waals surface area contributed by atoms with Gasteiger partial charge in [-0.3, -0.25) is 0 Å². The molecule has 8 heteroatoms. The molecule has 0 saturated carbocycles. The highest BCUT2D eigenvalue weighted by Crippen LogP contribution is 2.34. The predicted molar refractivity (Wildman–Crippen MR) is 81.7 cm³/mol. The van der Waals surface area contributed by atoms with Crippen LogP contribution in [0, 0.1) is 0 Å². The van der Waals surface area contributed by atoms with Crippen LogP contribution >= 0.6 is 34.8 Å². The Morgan fingerprint density at radius 1 is 0.762 bits per heavy atom. The number of alkyl halides is 3. The van der Waals surface area contributed by atoms with Gasteiger partial charge in [-0.1, -0.05) is 34.8 Å². The maximum Gasteiger partial charge on any atom is 0.418 e. The minimum Gasteiger partial charge on any atom is -0.398 e. The number of halogens is 6. The minimum atomic E-state index is -4.44. The van der Waals surface area contributed by atoms with Crippen LogP contribution in [0.4, 0.5) is 24.5 Å². The Morgan fingerprint density at radius 3 is 1.71 bits per heavy atom. The van der Waals surface area contributed by atoms with Crippen LogP contribution in [0.1, 0.15) is 5.56 Å². The Labute approximate surface area is 134 Å². The van der Waals surface area contributed by atoms with Crippen molar-refractivity contribution in [2.45, 2.75) is 6.18 Å². The first-order chi connectivity index (χ1) is 9.61. The Morgan fingerprint density at radius 2 is 1.29 bits per heavy atom. The number of rotatable bonds is 0. The smallest absolute Gasteiger partial charge is 0.398 e. The third-order valence-corrected chi connectivity index (χ3v) is 3.09. The van der Waals surface area contributed by atoms with Gasteiger partial charge < -0.3 is 11.5 Å². The van der Waals surface area contributed by atoms with E-state index >= 15 is 0 Å². The van der Waals surface area contributed by atoms with Crippen molar-refractivity contribution >= 4 is 46.2 Å². The van der Waals surface area contributed by atoms with Gasteiger partial charge in [-0.2, -0.15) is 13.2 Å². The van der Waals surface area contributed by atoms with Gasteiger partial charge in [0.15, 0.2) is 0 Å². The zero-order chi connectivity index (χ0) is 16.2. The van der Waals surface area contributed by atoms with Crippen LogP contribution in [-0.2, 0) is 6.18 Å². The van der Waals surface area contributed by atoms with E-state index in [2.05, 4.69) is 0 Å². The lowest BCUT2D eigenvalue weighted by atomic mass is 10.2. The molecule has 2 aromatic rings. The van der Waals surface area contributed by atoms with Crippen LogP contribution in [0.15, 0.2) is 36.4 Å². The van der Waals surface area contributed by atoms with Crippen molar-refractivity contribution in [3.63, 3.8) is 0 Å². The summed E-state index contributed by atoms with van der Waals surface area (Å²) < 4.78 is 36.3. The molecular weight excluding hydrogens is 348 g/mol. The zero-order valence-corrected chi connectivity index (χ0v) is 12.7. The molecule has 0 aliphatic heterocycles. The van der Waals surface area contributed by atoms with E-state index in [9.17, 15) is 13.2 Å². The van der Waals surface area contributed by atoms with E-state index in [4.69, 9.17) is 46.3 Å². The van der Waals surface area contributed by atoms with Gasteiger partial charge in [0.05, 0.1) is 16.3 Å². The third kappa shape index (κ3) is 5.53. The number of hydrogen-bond donors (Lipinski definition) is 2. The molecule has 0 aliphatic rings. The van der Waals surface area contributed by atoms with Crippen molar-refractivity contribution in [2.24, 2.45) is 0 Å². The van der Waals surface area contributed by atoms with E-state index in [0.717, 1.165) is 12.1 Å². The highest BCUT2D eigenvalue weighted by atomic mass is 35.5. The monoisotopic (exact) mass is 356 g/mol. The summed E-state index contributed by atoms with van der Waals surface area (Å²) in [6.07, 6.45) is -4.44.